The van der Waals surface area contributed by atoms with E-state index in [1.54, 1.807) is 25.8 Å². The number of Topliss-reactive ketones (excluding diaryl/α,β-unsaturated/α-hetero) is 1. The molecular weight excluding hydrogens is 376 g/mol. The molecule has 1 aliphatic heterocycles. The van der Waals surface area contributed by atoms with Crippen molar-refractivity contribution in [3.8, 4) is 5.75 Å². The van der Waals surface area contributed by atoms with E-state index in [4.69, 9.17) is 9.47 Å². The molecule has 0 saturated carbocycles. The summed E-state index contributed by atoms with van der Waals surface area (Å²) >= 11 is 1.60. The van der Waals surface area contributed by atoms with Gasteiger partial charge in [-0.25, -0.2) is 4.79 Å². The van der Waals surface area contributed by atoms with Crippen LogP contribution in [0.4, 0.5) is 0 Å². The number of ether oxygens (including phenoxy) is 2. The third-order valence-electron chi connectivity index (χ3n) is 5.18. The highest BCUT2D eigenvalue weighted by atomic mass is 32.2. The number of esters is 1. The number of aliphatic hydroxyl groups excluding tert-OH is 1. The summed E-state index contributed by atoms with van der Waals surface area (Å²) in [6.07, 6.45) is 1.56. The van der Waals surface area contributed by atoms with Crippen LogP contribution in [0, 0.1) is 0 Å². The van der Waals surface area contributed by atoms with Crippen molar-refractivity contribution in [2.45, 2.75) is 37.5 Å². The van der Waals surface area contributed by atoms with Gasteiger partial charge in [0.25, 0.3) is 0 Å². The van der Waals surface area contributed by atoms with E-state index in [1.165, 1.54) is 0 Å². The highest BCUT2D eigenvalue weighted by Crippen LogP contribution is 2.33. The minimum absolute atomic E-state index is 0.179. The predicted octanol–water partition coefficient (Wildman–Crippen LogP) is 4.40. The lowest BCUT2D eigenvalue weighted by Gasteiger charge is -2.14. The fourth-order valence-electron chi connectivity index (χ4n) is 3.30. The molecule has 2 aromatic rings. The Morgan fingerprint density at radius 1 is 1.18 bits per heavy atom. The Hall–Kier alpha value is -2.47. The number of benzene rings is 2. The summed E-state index contributed by atoms with van der Waals surface area (Å²) in [5.41, 5.74) is 0.588. The summed E-state index contributed by atoms with van der Waals surface area (Å²) in [7, 11) is 1.62. The van der Waals surface area contributed by atoms with Crippen molar-refractivity contribution >= 4 is 34.3 Å². The van der Waals surface area contributed by atoms with Crippen LogP contribution in [0.15, 0.2) is 47.7 Å². The molecule has 1 N–H and O–H groups in total. The molecule has 3 atom stereocenters. The van der Waals surface area contributed by atoms with Gasteiger partial charge in [-0.1, -0.05) is 38.1 Å². The molecule has 28 heavy (non-hydrogen) atoms. The first kappa shape index (κ1) is 20.3. The maximum Gasteiger partial charge on any atom is 0.346 e. The number of hydrogen-bond acceptors (Lipinski definition) is 6. The van der Waals surface area contributed by atoms with Crippen LogP contribution in [0.2, 0.25) is 0 Å². The van der Waals surface area contributed by atoms with Crippen LogP contribution in [-0.4, -0.2) is 41.6 Å². The van der Waals surface area contributed by atoms with Crippen LogP contribution < -0.4 is 4.74 Å². The number of thioether (sulfide) groups is 1. The summed E-state index contributed by atoms with van der Waals surface area (Å²) < 4.78 is 10.5. The number of allylic oxidation sites excluding steroid dienone is 1. The molecule has 1 fully saturated rings. The Morgan fingerprint density at radius 3 is 2.54 bits per heavy atom. The van der Waals surface area contributed by atoms with Crippen LogP contribution >= 0.6 is 11.8 Å². The van der Waals surface area contributed by atoms with Gasteiger partial charge in [0.2, 0.25) is 5.78 Å². The second-order valence-electron chi connectivity index (χ2n) is 6.99. The zero-order chi connectivity index (χ0) is 20.4. The molecule has 0 aromatic heterocycles. The molecule has 2 aromatic carbocycles. The van der Waals surface area contributed by atoms with Gasteiger partial charge in [-0.15, -0.1) is 0 Å². The number of methoxy groups -OCH3 is 1. The van der Waals surface area contributed by atoms with Crippen molar-refractivity contribution in [2.75, 3.05) is 13.4 Å². The van der Waals surface area contributed by atoms with Gasteiger partial charge >= 0.3 is 5.97 Å². The summed E-state index contributed by atoms with van der Waals surface area (Å²) in [5.74, 6) is -1.14. The fourth-order valence-corrected chi connectivity index (χ4v) is 3.67. The third kappa shape index (κ3) is 3.87. The van der Waals surface area contributed by atoms with Gasteiger partial charge in [-0.2, -0.15) is 11.8 Å². The number of cyclic esters (lactones) is 1. The molecule has 1 heterocycles. The van der Waals surface area contributed by atoms with Crippen LogP contribution in [0.1, 0.15) is 31.7 Å². The zero-order valence-electron chi connectivity index (χ0n) is 16.4. The van der Waals surface area contributed by atoms with Crippen LogP contribution in [-0.2, 0) is 14.3 Å². The molecule has 0 bridgehead atoms. The van der Waals surface area contributed by atoms with Crippen LogP contribution in [0.25, 0.3) is 10.8 Å². The number of hydrogen-bond donors (Lipinski definition) is 1. The van der Waals surface area contributed by atoms with Gasteiger partial charge in [0.05, 0.1) is 7.11 Å². The van der Waals surface area contributed by atoms with Gasteiger partial charge in [0.1, 0.15) is 17.1 Å². The second kappa shape index (κ2) is 8.27. The fraction of sp³-hybridized carbons (Fsp3) is 0.364. The normalized spacial score (nSPS) is 20.8. The standard InChI is InChI=1S/C22H24O5S/c1-12(28-4)9-18-21(24)19(22(25)27-18)20(23)13(2)14-5-6-16-11-17(26-3)8-7-15(16)10-14/h5-8,10-13,18,23H,9H2,1-4H3. The summed E-state index contributed by atoms with van der Waals surface area (Å²) in [6, 6.07) is 11.5. The molecule has 3 rings (SSSR count). The van der Waals surface area contributed by atoms with E-state index in [9.17, 15) is 14.7 Å². The van der Waals surface area contributed by atoms with E-state index >= 15 is 0 Å². The maximum atomic E-state index is 12.6. The molecule has 1 saturated heterocycles. The summed E-state index contributed by atoms with van der Waals surface area (Å²) in [4.78, 5) is 24.9. The van der Waals surface area contributed by atoms with E-state index in [0.29, 0.717) is 6.42 Å². The van der Waals surface area contributed by atoms with Crippen molar-refractivity contribution < 1.29 is 24.2 Å². The second-order valence-corrected chi connectivity index (χ2v) is 8.27. The molecular formula is C22H24O5S. The first-order chi connectivity index (χ1) is 13.3. The summed E-state index contributed by atoms with van der Waals surface area (Å²) in [5, 5.41) is 12.9. The highest BCUT2D eigenvalue weighted by molar-refractivity contribution is 7.99. The monoisotopic (exact) mass is 400 g/mol. The Kier molecular flexibility index (Phi) is 5.98. The first-order valence-electron chi connectivity index (χ1n) is 9.14. The number of rotatable bonds is 6. The van der Waals surface area contributed by atoms with Crippen molar-refractivity contribution in [2.24, 2.45) is 0 Å². The van der Waals surface area contributed by atoms with E-state index in [0.717, 1.165) is 22.1 Å². The smallest absolute Gasteiger partial charge is 0.346 e. The SMILES string of the molecule is COc1ccc2cc(C(C)C(O)=C3C(=O)OC(CC(C)SC)C3=O)ccc2c1. The van der Waals surface area contributed by atoms with Gasteiger partial charge in [-0.3, -0.25) is 4.79 Å². The van der Waals surface area contributed by atoms with Crippen molar-refractivity contribution in [1.82, 2.24) is 0 Å². The molecule has 3 unspecified atom stereocenters. The van der Waals surface area contributed by atoms with Gasteiger partial charge in [-0.05, 0) is 34.7 Å². The van der Waals surface area contributed by atoms with E-state index in [-0.39, 0.29) is 16.6 Å². The quantitative estimate of drug-likeness (QED) is 0.335. The highest BCUT2D eigenvalue weighted by Gasteiger charge is 2.42. The van der Waals surface area contributed by atoms with Gasteiger partial charge < -0.3 is 14.6 Å². The van der Waals surface area contributed by atoms with E-state index in [2.05, 4.69) is 0 Å². The molecule has 0 spiro atoms. The average molecular weight is 400 g/mol. The van der Waals surface area contributed by atoms with E-state index < -0.39 is 23.8 Å². The van der Waals surface area contributed by atoms with Crippen molar-refractivity contribution in [3.05, 3.63) is 53.3 Å². The maximum absolute atomic E-state index is 12.6. The first-order valence-corrected chi connectivity index (χ1v) is 10.4. The van der Waals surface area contributed by atoms with E-state index in [1.807, 2.05) is 49.6 Å². The molecule has 0 aliphatic carbocycles. The molecule has 148 valence electrons. The van der Waals surface area contributed by atoms with Crippen molar-refractivity contribution in [3.63, 3.8) is 0 Å². The molecule has 5 nitrogen and oxygen atoms in total. The number of ketones is 1. The lowest BCUT2D eigenvalue weighted by molar-refractivity contribution is -0.141. The minimum atomic E-state index is -0.816. The Morgan fingerprint density at radius 2 is 1.86 bits per heavy atom. The Labute approximate surface area is 168 Å². The number of aliphatic hydroxyl groups is 1. The van der Waals surface area contributed by atoms with Crippen LogP contribution in [0.5, 0.6) is 5.75 Å². The molecule has 6 heteroatoms. The zero-order valence-corrected chi connectivity index (χ0v) is 17.2. The van der Waals surface area contributed by atoms with Crippen LogP contribution in [0.3, 0.4) is 0 Å². The third-order valence-corrected chi connectivity index (χ3v) is 6.18. The average Bonchev–Trinajstić information content (AvgIpc) is 2.98. The number of carbonyl (C=O) groups excluding carboxylic acids is 2. The largest absolute Gasteiger partial charge is 0.511 e. The molecule has 0 radical (unpaired) electrons. The number of carbonyl (C=O) groups is 2. The lowest BCUT2D eigenvalue weighted by Crippen LogP contribution is -2.21. The lowest BCUT2D eigenvalue weighted by atomic mass is 9.92. The Bertz CT molecular complexity index is 949. The number of fused-ring (bicyclic) bond motifs is 1. The molecule has 0 amide bonds. The molecule has 1 aliphatic rings. The Balaban J connectivity index is 1.90. The predicted molar refractivity (Wildman–Crippen MR) is 111 cm³/mol. The van der Waals surface area contributed by atoms with Gasteiger partial charge in [0, 0.05) is 17.6 Å². The van der Waals surface area contributed by atoms with Gasteiger partial charge in [0.15, 0.2) is 6.10 Å². The summed E-state index contributed by atoms with van der Waals surface area (Å²) in [6.45, 7) is 3.74. The topological polar surface area (TPSA) is 72.8 Å². The van der Waals surface area contributed by atoms with Crippen molar-refractivity contribution in [1.29, 1.82) is 0 Å². The minimum Gasteiger partial charge on any atom is -0.511 e.